The summed E-state index contributed by atoms with van der Waals surface area (Å²) >= 11 is 2.25. The van der Waals surface area contributed by atoms with Crippen molar-refractivity contribution in [3.8, 4) is 0 Å². The molecule has 1 unspecified atom stereocenters. The van der Waals surface area contributed by atoms with Gasteiger partial charge in [0.2, 0.25) is 0 Å². The molecule has 0 bridgehead atoms. The highest BCUT2D eigenvalue weighted by Gasteiger charge is 2.43. The summed E-state index contributed by atoms with van der Waals surface area (Å²) in [4.78, 5) is 0. The summed E-state index contributed by atoms with van der Waals surface area (Å²) in [7, 11) is 0. The fourth-order valence-corrected chi connectivity index (χ4v) is 4.07. The quantitative estimate of drug-likeness (QED) is 0.379. The maximum Gasteiger partial charge on any atom is 0.00581 e. The van der Waals surface area contributed by atoms with Crippen LogP contribution in [-0.2, 0) is 5.41 Å². The maximum absolute atomic E-state index is 3.95. The van der Waals surface area contributed by atoms with E-state index in [1.54, 1.807) is 0 Å². The summed E-state index contributed by atoms with van der Waals surface area (Å²) in [5.41, 5.74) is 7.37. The number of allylic oxidation sites excluding steroid dienone is 9. The molecule has 23 heavy (non-hydrogen) atoms. The predicted molar refractivity (Wildman–Crippen MR) is 110 cm³/mol. The molecule has 1 atom stereocenters. The second kappa shape index (κ2) is 6.27. The second-order valence-corrected chi connectivity index (χ2v) is 8.25. The third-order valence-corrected chi connectivity index (χ3v) is 5.55. The van der Waals surface area contributed by atoms with Gasteiger partial charge in [0.25, 0.3) is 0 Å². The first-order valence-corrected chi connectivity index (χ1v) is 9.23. The first-order chi connectivity index (χ1) is 10.9. The van der Waals surface area contributed by atoms with Crippen LogP contribution in [0.25, 0.3) is 5.57 Å². The molecule has 1 heteroatoms. The molecule has 0 aliphatic heterocycles. The Balaban J connectivity index is 2.00. The van der Waals surface area contributed by atoms with Gasteiger partial charge >= 0.3 is 0 Å². The van der Waals surface area contributed by atoms with Crippen molar-refractivity contribution >= 4 is 28.2 Å². The van der Waals surface area contributed by atoms with E-state index in [1.165, 1.54) is 27.8 Å². The third-order valence-electron chi connectivity index (χ3n) is 5.19. The van der Waals surface area contributed by atoms with E-state index < -0.39 is 0 Å². The minimum absolute atomic E-state index is 0.192. The highest BCUT2D eigenvalue weighted by atomic mass is 127. The highest BCUT2D eigenvalue weighted by molar-refractivity contribution is 14.1. The van der Waals surface area contributed by atoms with Gasteiger partial charge in [0.1, 0.15) is 0 Å². The van der Waals surface area contributed by atoms with E-state index in [1.807, 2.05) is 0 Å². The second-order valence-electron chi connectivity index (χ2n) is 6.86. The first kappa shape index (κ1) is 16.5. The van der Waals surface area contributed by atoms with Crippen molar-refractivity contribution in [1.82, 2.24) is 0 Å². The van der Waals surface area contributed by atoms with Gasteiger partial charge in [-0.25, -0.2) is 0 Å². The van der Waals surface area contributed by atoms with Gasteiger partial charge in [-0.2, -0.15) is 0 Å². The molecule has 2 aliphatic rings. The minimum Gasteiger partial charge on any atom is -0.0856 e. The molecular weight excluding hydrogens is 391 g/mol. The fourth-order valence-electron chi connectivity index (χ4n) is 3.89. The van der Waals surface area contributed by atoms with Crippen LogP contribution in [-0.4, -0.2) is 0 Å². The molecule has 2 aliphatic carbocycles. The van der Waals surface area contributed by atoms with E-state index in [0.29, 0.717) is 5.92 Å². The Morgan fingerprint density at radius 2 is 1.96 bits per heavy atom. The Morgan fingerprint density at radius 3 is 2.65 bits per heavy atom. The highest BCUT2D eigenvalue weighted by Crippen LogP contribution is 2.54. The van der Waals surface area contributed by atoms with Crippen molar-refractivity contribution in [1.29, 1.82) is 0 Å². The van der Waals surface area contributed by atoms with Gasteiger partial charge in [-0.15, -0.1) is 0 Å². The lowest BCUT2D eigenvalue weighted by Crippen LogP contribution is -2.25. The summed E-state index contributed by atoms with van der Waals surface area (Å²) in [6.07, 6.45) is 12.2. The van der Waals surface area contributed by atoms with Crippen LogP contribution in [0.15, 0.2) is 76.0 Å². The summed E-state index contributed by atoms with van der Waals surface area (Å²) in [6.45, 7) is 10.8. The van der Waals surface area contributed by atoms with Crippen LogP contribution in [0.2, 0.25) is 0 Å². The molecule has 0 nitrogen and oxygen atoms in total. The standard InChI is InChI=1S/C22H23I/c1-5-16(11-10-15(2)23)17-12-13-19-18-8-6-7-9-20(18)22(3,4)21(19)14-17/h5-13,21H,2,14H2,1,3-4H3/b11-10-,16-5+. The lowest BCUT2D eigenvalue weighted by molar-refractivity contribution is 0.409. The summed E-state index contributed by atoms with van der Waals surface area (Å²) in [6, 6.07) is 8.89. The smallest absolute Gasteiger partial charge is 0.00581 e. The molecule has 0 saturated carbocycles. The molecule has 0 amide bonds. The maximum atomic E-state index is 3.95. The Hall–Kier alpha value is -1.35. The van der Waals surface area contributed by atoms with E-state index in [0.717, 1.165) is 10.0 Å². The Bertz CT molecular complexity index is 769. The van der Waals surface area contributed by atoms with Crippen molar-refractivity contribution in [2.45, 2.75) is 32.6 Å². The van der Waals surface area contributed by atoms with Crippen LogP contribution < -0.4 is 0 Å². The Kier molecular flexibility index (Phi) is 4.50. The molecule has 0 heterocycles. The summed E-state index contributed by atoms with van der Waals surface area (Å²) in [5, 5.41) is 0. The molecule has 0 N–H and O–H groups in total. The lowest BCUT2D eigenvalue weighted by Gasteiger charge is -2.31. The number of rotatable bonds is 3. The van der Waals surface area contributed by atoms with Crippen LogP contribution in [0.5, 0.6) is 0 Å². The van der Waals surface area contributed by atoms with Crippen molar-refractivity contribution < 1.29 is 0 Å². The van der Waals surface area contributed by atoms with E-state index in [2.05, 4.69) is 105 Å². The summed E-state index contributed by atoms with van der Waals surface area (Å²) < 4.78 is 1.06. The Labute approximate surface area is 153 Å². The number of halogens is 1. The Morgan fingerprint density at radius 1 is 1.22 bits per heavy atom. The van der Waals surface area contributed by atoms with Gasteiger partial charge in [-0.3, -0.25) is 0 Å². The van der Waals surface area contributed by atoms with E-state index in [9.17, 15) is 0 Å². The van der Waals surface area contributed by atoms with Gasteiger partial charge in [-0.05, 0) is 81.2 Å². The SMILES string of the molecule is C=C(I)/C=C\C(=C/C)C1=CC=C2c3ccccc3C(C)(C)C2C1. The van der Waals surface area contributed by atoms with Crippen LogP contribution in [0.1, 0.15) is 38.3 Å². The third kappa shape index (κ3) is 2.91. The zero-order valence-electron chi connectivity index (χ0n) is 14.1. The molecular formula is C22H23I. The zero-order valence-corrected chi connectivity index (χ0v) is 16.2. The average molecular weight is 414 g/mol. The van der Waals surface area contributed by atoms with E-state index in [-0.39, 0.29) is 5.41 Å². The van der Waals surface area contributed by atoms with Crippen LogP contribution in [0, 0.1) is 5.92 Å². The summed E-state index contributed by atoms with van der Waals surface area (Å²) in [5.74, 6) is 0.561. The van der Waals surface area contributed by atoms with Crippen LogP contribution >= 0.6 is 22.6 Å². The molecule has 0 spiro atoms. The van der Waals surface area contributed by atoms with Crippen molar-refractivity contribution in [2.24, 2.45) is 5.92 Å². The predicted octanol–water partition coefficient (Wildman–Crippen LogP) is 6.76. The molecule has 1 aromatic carbocycles. The van der Waals surface area contributed by atoms with E-state index >= 15 is 0 Å². The van der Waals surface area contributed by atoms with Gasteiger partial charge < -0.3 is 0 Å². The zero-order chi connectivity index (χ0) is 16.6. The molecule has 0 fully saturated rings. The van der Waals surface area contributed by atoms with Gasteiger partial charge in [0.15, 0.2) is 0 Å². The number of hydrogen-bond acceptors (Lipinski definition) is 0. The first-order valence-electron chi connectivity index (χ1n) is 8.15. The monoisotopic (exact) mass is 414 g/mol. The number of benzene rings is 1. The van der Waals surface area contributed by atoms with Gasteiger partial charge in [0, 0.05) is 3.58 Å². The minimum atomic E-state index is 0.192. The van der Waals surface area contributed by atoms with Gasteiger partial charge in [-0.1, -0.05) is 69.0 Å². The molecule has 118 valence electrons. The number of fused-ring (bicyclic) bond motifs is 3. The number of hydrogen-bond donors (Lipinski definition) is 0. The van der Waals surface area contributed by atoms with Crippen LogP contribution in [0.3, 0.4) is 0 Å². The molecule has 3 rings (SSSR count). The molecule has 1 aromatic rings. The fraction of sp³-hybridized carbons (Fsp3) is 0.273. The molecule has 0 saturated heterocycles. The largest absolute Gasteiger partial charge is 0.0856 e. The van der Waals surface area contributed by atoms with Crippen molar-refractivity contribution in [2.75, 3.05) is 0 Å². The van der Waals surface area contributed by atoms with Crippen molar-refractivity contribution in [3.05, 3.63) is 87.1 Å². The normalized spacial score (nSPS) is 22.4. The van der Waals surface area contributed by atoms with Crippen LogP contribution in [0.4, 0.5) is 0 Å². The molecule has 0 radical (unpaired) electrons. The molecule has 0 aromatic heterocycles. The van der Waals surface area contributed by atoms with E-state index in [4.69, 9.17) is 0 Å². The van der Waals surface area contributed by atoms with Crippen molar-refractivity contribution in [3.63, 3.8) is 0 Å². The lowest BCUT2D eigenvalue weighted by atomic mass is 9.72. The topological polar surface area (TPSA) is 0 Å². The average Bonchev–Trinajstić information content (AvgIpc) is 2.76. The van der Waals surface area contributed by atoms with Gasteiger partial charge in [0.05, 0.1) is 0 Å².